The fourth-order valence-electron chi connectivity index (χ4n) is 4.93. The van der Waals surface area contributed by atoms with E-state index in [9.17, 15) is 0 Å². The number of nitrogens with one attached hydrogen (secondary N) is 2. The van der Waals surface area contributed by atoms with Crippen molar-refractivity contribution in [3.8, 4) is 5.75 Å². The van der Waals surface area contributed by atoms with Gasteiger partial charge in [0.25, 0.3) is 0 Å². The van der Waals surface area contributed by atoms with Gasteiger partial charge in [-0.15, -0.1) is 0 Å². The van der Waals surface area contributed by atoms with Crippen molar-refractivity contribution in [3.05, 3.63) is 47.0 Å². The number of nitrogens with zero attached hydrogens (tertiary/aromatic N) is 1. The standard InChI is InChI=1S/C22H27N3O2/c1-14-3-4-21(26-2)19(9-14)24-16-10-15-13-27-8-7-25-20-5-6-23-12-18(20)17(11-16)22(15)25/h3-4,9-11,18,20,23-24H,5-8,12-13H2,1-2H3/t18-,20-/m0/s1. The Morgan fingerprint density at radius 2 is 2.19 bits per heavy atom. The molecule has 0 bridgehead atoms. The van der Waals surface area contributed by atoms with Gasteiger partial charge in [-0.3, -0.25) is 0 Å². The molecule has 0 spiro atoms. The second-order valence-electron chi connectivity index (χ2n) is 7.81. The van der Waals surface area contributed by atoms with Crippen molar-refractivity contribution in [3.63, 3.8) is 0 Å². The quantitative estimate of drug-likeness (QED) is 0.871. The second kappa shape index (κ2) is 6.73. The minimum absolute atomic E-state index is 0.562. The van der Waals surface area contributed by atoms with Crippen LogP contribution in [0.2, 0.25) is 0 Å². The summed E-state index contributed by atoms with van der Waals surface area (Å²) in [5.74, 6) is 1.42. The maximum Gasteiger partial charge on any atom is 0.142 e. The molecule has 2 aromatic carbocycles. The lowest BCUT2D eigenvalue weighted by molar-refractivity contribution is 0.130. The van der Waals surface area contributed by atoms with Crippen molar-refractivity contribution in [1.82, 2.24) is 5.32 Å². The number of hydrogen-bond donors (Lipinski definition) is 2. The van der Waals surface area contributed by atoms with E-state index < -0.39 is 0 Å². The number of benzene rings is 2. The summed E-state index contributed by atoms with van der Waals surface area (Å²) in [4.78, 5) is 2.61. The van der Waals surface area contributed by atoms with E-state index in [1.807, 2.05) is 6.07 Å². The van der Waals surface area contributed by atoms with Gasteiger partial charge in [0.2, 0.25) is 0 Å². The molecule has 3 heterocycles. The first-order valence-electron chi connectivity index (χ1n) is 9.88. The Morgan fingerprint density at radius 3 is 3.07 bits per heavy atom. The highest BCUT2D eigenvalue weighted by Crippen LogP contribution is 2.47. The Morgan fingerprint density at radius 1 is 1.26 bits per heavy atom. The largest absolute Gasteiger partial charge is 0.495 e. The van der Waals surface area contributed by atoms with Crippen LogP contribution in [0.3, 0.4) is 0 Å². The first kappa shape index (κ1) is 16.9. The molecule has 27 heavy (non-hydrogen) atoms. The maximum atomic E-state index is 5.92. The molecule has 0 aromatic heterocycles. The predicted octanol–water partition coefficient (Wildman–Crippen LogP) is 3.54. The zero-order valence-electron chi connectivity index (χ0n) is 16.0. The second-order valence-corrected chi connectivity index (χ2v) is 7.81. The molecule has 0 unspecified atom stereocenters. The molecule has 0 aliphatic carbocycles. The van der Waals surface area contributed by atoms with Crippen LogP contribution in [-0.4, -0.2) is 39.4 Å². The number of piperidine rings is 1. The van der Waals surface area contributed by atoms with Crippen LogP contribution in [0.25, 0.3) is 0 Å². The summed E-state index contributed by atoms with van der Waals surface area (Å²) in [5.41, 5.74) is 7.52. The van der Waals surface area contributed by atoms with Gasteiger partial charge in [-0.1, -0.05) is 6.07 Å². The van der Waals surface area contributed by atoms with Crippen molar-refractivity contribution < 1.29 is 9.47 Å². The Labute approximate surface area is 160 Å². The minimum Gasteiger partial charge on any atom is -0.495 e. The summed E-state index contributed by atoms with van der Waals surface area (Å²) in [6, 6.07) is 11.4. The van der Waals surface area contributed by atoms with Gasteiger partial charge in [-0.2, -0.15) is 0 Å². The number of methoxy groups -OCH3 is 1. The third-order valence-electron chi connectivity index (χ3n) is 6.12. The topological polar surface area (TPSA) is 45.8 Å². The number of hydrogen-bond acceptors (Lipinski definition) is 5. The van der Waals surface area contributed by atoms with E-state index >= 15 is 0 Å². The molecule has 5 nitrogen and oxygen atoms in total. The summed E-state index contributed by atoms with van der Waals surface area (Å²) < 4.78 is 11.5. The lowest BCUT2D eigenvalue weighted by atomic mass is 9.89. The molecule has 0 radical (unpaired) electrons. The average molecular weight is 365 g/mol. The zero-order valence-corrected chi connectivity index (χ0v) is 16.0. The van der Waals surface area contributed by atoms with Gasteiger partial charge in [-0.25, -0.2) is 0 Å². The van der Waals surface area contributed by atoms with E-state index in [-0.39, 0.29) is 0 Å². The van der Waals surface area contributed by atoms with Gasteiger partial charge in [0, 0.05) is 42.0 Å². The summed E-state index contributed by atoms with van der Waals surface area (Å²) in [7, 11) is 1.72. The molecule has 3 aliphatic heterocycles. The Bertz CT molecular complexity index is 867. The number of anilines is 3. The third kappa shape index (κ3) is 2.86. The predicted molar refractivity (Wildman–Crippen MR) is 108 cm³/mol. The first-order valence-corrected chi connectivity index (χ1v) is 9.88. The van der Waals surface area contributed by atoms with Crippen LogP contribution in [0.4, 0.5) is 17.1 Å². The van der Waals surface area contributed by atoms with E-state index in [1.54, 1.807) is 7.11 Å². The van der Waals surface area contributed by atoms with E-state index in [2.05, 4.69) is 46.7 Å². The molecular weight excluding hydrogens is 338 g/mol. The SMILES string of the molecule is COc1ccc(C)cc1Nc1cc2c3c(c1)[C@@H]1CNCC[C@@H]1N3CCOC2. The molecule has 142 valence electrons. The molecule has 1 fully saturated rings. The maximum absolute atomic E-state index is 5.92. The molecule has 2 N–H and O–H groups in total. The summed E-state index contributed by atoms with van der Waals surface area (Å²) in [6.07, 6.45) is 1.20. The van der Waals surface area contributed by atoms with E-state index in [0.29, 0.717) is 18.6 Å². The van der Waals surface area contributed by atoms with Crippen LogP contribution in [0.15, 0.2) is 30.3 Å². The van der Waals surface area contributed by atoms with Crippen LogP contribution in [0.1, 0.15) is 29.0 Å². The molecular formula is C22H27N3O2. The van der Waals surface area contributed by atoms with Crippen LogP contribution < -0.4 is 20.3 Å². The molecule has 5 rings (SSSR count). The Kier molecular flexibility index (Phi) is 4.21. The fraction of sp³-hybridized carbons (Fsp3) is 0.455. The highest BCUT2D eigenvalue weighted by molar-refractivity contribution is 5.76. The normalized spacial score (nSPS) is 23.4. The van der Waals surface area contributed by atoms with Crippen molar-refractivity contribution in [2.45, 2.75) is 31.9 Å². The summed E-state index contributed by atoms with van der Waals surface area (Å²) in [6.45, 7) is 6.76. The Balaban J connectivity index is 1.57. The van der Waals surface area contributed by atoms with Crippen molar-refractivity contribution in [2.75, 3.05) is 43.6 Å². The summed E-state index contributed by atoms with van der Waals surface area (Å²) in [5, 5.41) is 7.20. The van der Waals surface area contributed by atoms with Crippen molar-refractivity contribution in [1.29, 1.82) is 0 Å². The number of fused-ring (bicyclic) bond motifs is 3. The van der Waals surface area contributed by atoms with E-state index in [4.69, 9.17) is 9.47 Å². The smallest absolute Gasteiger partial charge is 0.142 e. The van der Waals surface area contributed by atoms with Crippen LogP contribution >= 0.6 is 0 Å². The molecule has 0 saturated carbocycles. The van der Waals surface area contributed by atoms with Gasteiger partial charge in [0.05, 0.1) is 26.0 Å². The highest BCUT2D eigenvalue weighted by Gasteiger charge is 2.41. The van der Waals surface area contributed by atoms with Gasteiger partial charge < -0.3 is 25.0 Å². The molecule has 3 aliphatic rings. The van der Waals surface area contributed by atoms with Crippen molar-refractivity contribution >= 4 is 17.1 Å². The average Bonchev–Trinajstić information content (AvgIpc) is 2.84. The summed E-state index contributed by atoms with van der Waals surface area (Å²) >= 11 is 0. The lowest BCUT2D eigenvalue weighted by Crippen LogP contribution is -2.44. The first-order chi connectivity index (χ1) is 13.2. The van der Waals surface area contributed by atoms with Gasteiger partial charge in [0.15, 0.2) is 0 Å². The van der Waals surface area contributed by atoms with Crippen LogP contribution in [0, 0.1) is 6.92 Å². The zero-order chi connectivity index (χ0) is 18.4. The molecule has 5 heteroatoms. The Hall–Kier alpha value is -2.24. The monoisotopic (exact) mass is 365 g/mol. The van der Waals surface area contributed by atoms with Crippen LogP contribution in [0.5, 0.6) is 5.75 Å². The molecule has 2 atom stereocenters. The molecule has 1 saturated heterocycles. The highest BCUT2D eigenvalue weighted by atomic mass is 16.5. The van der Waals surface area contributed by atoms with Gasteiger partial charge in [0.1, 0.15) is 5.75 Å². The minimum atomic E-state index is 0.562. The number of aryl methyl sites for hydroxylation is 1. The van der Waals surface area contributed by atoms with E-state index in [1.165, 1.54) is 28.8 Å². The fourth-order valence-corrected chi connectivity index (χ4v) is 4.93. The third-order valence-corrected chi connectivity index (χ3v) is 6.12. The van der Waals surface area contributed by atoms with Crippen LogP contribution in [-0.2, 0) is 11.3 Å². The number of rotatable bonds is 3. The van der Waals surface area contributed by atoms with Crippen molar-refractivity contribution in [2.24, 2.45) is 0 Å². The van der Waals surface area contributed by atoms with Gasteiger partial charge in [-0.05, 0) is 55.3 Å². The number of ether oxygens (including phenoxy) is 2. The van der Waals surface area contributed by atoms with Gasteiger partial charge >= 0.3 is 0 Å². The molecule has 0 amide bonds. The molecule has 2 aromatic rings. The van der Waals surface area contributed by atoms with E-state index in [0.717, 1.165) is 43.4 Å². The lowest BCUT2D eigenvalue weighted by Gasteiger charge is -2.33.